The molecular formula is C17H16N2O. The van der Waals surface area contributed by atoms with E-state index in [-0.39, 0.29) is 5.91 Å². The molecule has 0 fully saturated rings. The average Bonchev–Trinajstić information content (AvgIpc) is 2.46. The Morgan fingerprint density at radius 2 is 1.80 bits per heavy atom. The quantitative estimate of drug-likeness (QED) is 0.854. The molecule has 1 amide bonds. The molecule has 0 aliphatic carbocycles. The van der Waals surface area contributed by atoms with Gasteiger partial charge in [-0.2, -0.15) is 0 Å². The SMILES string of the molecule is CC(=O)Nc1ccc(/C=C/C=C/c2ccccn2)cc1. The van der Waals surface area contributed by atoms with Crippen LogP contribution in [0, 0.1) is 0 Å². The van der Waals surface area contributed by atoms with E-state index >= 15 is 0 Å². The van der Waals surface area contributed by atoms with Crippen molar-refractivity contribution in [3.63, 3.8) is 0 Å². The normalized spacial score (nSPS) is 11.1. The van der Waals surface area contributed by atoms with Gasteiger partial charge in [-0.15, -0.1) is 0 Å². The maximum atomic E-state index is 10.9. The predicted octanol–water partition coefficient (Wildman–Crippen LogP) is 3.77. The Bertz CT molecular complexity index is 613. The van der Waals surface area contributed by atoms with E-state index < -0.39 is 0 Å². The Labute approximate surface area is 118 Å². The highest BCUT2D eigenvalue weighted by atomic mass is 16.1. The first-order chi connectivity index (χ1) is 9.74. The van der Waals surface area contributed by atoms with Crippen LogP contribution in [0.15, 0.2) is 60.8 Å². The van der Waals surface area contributed by atoms with Crippen LogP contribution in [0.25, 0.3) is 12.2 Å². The fraction of sp³-hybridized carbons (Fsp3) is 0.0588. The number of allylic oxidation sites excluding steroid dienone is 2. The van der Waals surface area contributed by atoms with Crippen molar-refractivity contribution in [1.82, 2.24) is 4.98 Å². The number of nitrogens with one attached hydrogen (secondary N) is 1. The van der Waals surface area contributed by atoms with Crippen molar-refractivity contribution in [1.29, 1.82) is 0 Å². The lowest BCUT2D eigenvalue weighted by atomic mass is 10.2. The van der Waals surface area contributed by atoms with E-state index in [0.717, 1.165) is 16.9 Å². The van der Waals surface area contributed by atoms with Crippen molar-refractivity contribution in [2.75, 3.05) is 5.32 Å². The van der Waals surface area contributed by atoms with Gasteiger partial charge in [-0.3, -0.25) is 9.78 Å². The van der Waals surface area contributed by atoms with Crippen LogP contribution < -0.4 is 5.32 Å². The number of carbonyl (C=O) groups is 1. The third kappa shape index (κ3) is 4.53. The van der Waals surface area contributed by atoms with Crippen LogP contribution in [0.4, 0.5) is 5.69 Å². The van der Waals surface area contributed by atoms with E-state index in [1.807, 2.05) is 66.8 Å². The molecule has 2 aromatic rings. The molecule has 2 rings (SSSR count). The van der Waals surface area contributed by atoms with Gasteiger partial charge >= 0.3 is 0 Å². The van der Waals surface area contributed by atoms with Crippen LogP contribution in [0.2, 0.25) is 0 Å². The zero-order valence-corrected chi connectivity index (χ0v) is 11.3. The summed E-state index contributed by atoms with van der Waals surface area (Å²) in [6, 6.07) is 13.5. The largest absolute Gasteiger partial charge is 0.326 e. The molecule has 20 heavy (non-hydrogen) atoms. The van der Waals surface area contributed by atoms with Crippen molar-refractivity contribution in [2.45, 2.75) is 6.92 Å². The summed E-state index contributed by atoms with van der Waals surface area (Å²) in [5, 5.41) is 2.74. The maximum absolute atomic E-state index is 10.9. The molecule has 0 aliphatic rings. The van der Waals surface area contributed by atoms with Gasteiger partial charge < -0.3 is 5.32 Å². The highest BCUT2D eigenvalue weighted by Crippen LogP contribution is 2.10. The molecule has 1 aromatic carbocycles. The summed E-state index contributed by atoms with van der Waals surface area (Å²) in [5.74, 6) is -0.0633. The lowest BCUT2D eigenvalue weighted by Crippen LogP contribution is -2.05. The first-order valence-corrected chi connectivity index (χ1v) is 6.37. The number of carbonyl (C=O) groups excluding carboxylic acids is 1. The van der Waals surface area contributed by atoms with Crippen molar-refractivity contribution in [3.05, 3.63) is 72.1 Å². The second-order valence-corrected chi connectivity index (χ2v) is 4.28. The van der Waals surface area contributed by atoms with Crippen molar-refractivity contribution < 1.29 is 4.79 Å². The summed E-state index contributed by atoms with van der Waals surface area (Å²) >= 11 is 0. The molecule has 0 bridgehead atoms. The van der Waals surface area contributed by atoms with E-state index in [4.69, 9.17) is 0 Å². The number of pyridine rings is 1. The Morgan fingerprint density at radius 1 is 1.05 bits per heavy atom. The third-order valence-corrected chi connectivity index (χ3v) is 2.59. The molecule has 3 nitrogen and oxygen atoms in total. The first-order valence-electron chi connectivity index (χ1n) is 6.37. The number of aromatic nitrogens is 1. The number of benzene rings is 1. The van der Waals surface area contributed by atoms with Crippen LogP contribution in [0.1, 0.15) is 18.2 Å². The zero-order chi connectivity index (χ0) is 14.2. The van der Waals surface area contributed by atoms with Crippen LogP contribution in [0.5, 0.6) is 0 Å². The fourth-order valence-corrected chi connectivity index (χ4v) is 1.68. The van der Waals surface area contributed by atoms with Gasteiger partial charge in [0.05, 0.1) is 5.69 Å². The lowest BCUT2D eigenvalue weighted by Gasteiger charge is -2.01. The molecule has 0 saturated carbocycles. The van der Waals surface area contributed by atoms with E-state index in [1.54, 1.807) is 6.20 Å². The molecule has 0 saturated heterocycles. The van der Waals surface area contributed by atoms with Gasteiger partial charge in [-0.25, -0.2) is 0 Å². The second-order valence-electron chi connectivity index (χ2n) is 4.28. The zero-order valence-electron chi connectivity index (χ0n) is 11.3. The minimum absolute atomic E-state index is 0.0633. The maximum Gasteiger partial charge on any atom is 0.221 e. The van der Waals surface area contributed by atoms with E-state index in [0.29, 0.717) is 0 Å². The standard InChI is InChI=1S/C17H16N2O/c1-14(20)19-17-11-9-15(10-12-17)6-2-3-7-16-8-4-5-13-18-16/h2-13H,1H3,(H,19,20)/b6-2+,7-3+. The summed E-state index contributed by atoms with van der Waals surface area (Å²) < 4.78 is 0. The molecule has 0 unspecified atom stereocenters. The molecule has 100 valence electrons. The molecule has 0 atom stereocenters. The molecule has 3 heteroatoms. The lowest BCUT2D eigenvalue weighted by molar-refractivity contribution is -0.114. The smallest absolute Gasteiger partial charge is 0.221 e. The number of nitrogens with zero attached hydrogens (tertiary/aromatic N) is 1. The van der Waals surface area contributed by atoms with Crippen molar-refractivity contribution in [3.8, 4) is 0 Å². The van der Waals surface area contributed by atoms with E-state index in [1.165, 1.54) is 6.92 Å². The molecule has 1 aromatic heterocycles. The molecule has 0 spiro atoms. The van der Waals surface area contributed by atoms with Crippen LogP contribution in [-0.4, -0.2) is 10.9 Å². The highest BCUT2D eigenvalue weighted by molar-refractivity contribution is 5.88. The molecular weight excluding hydrogens is 248 g/mol. The highest BCUT2D eigenvalue weighted by Gasteiger charge is 1.93. The molecule has 1 heterocycles. The van der Waals surface area contributed by atoms with Crippen LogP contribution in [-0.2, 0) is 4.79 Å². The monoisotopic (exact) mass is 264 g/mol. The summed E-state index contributed by atoms with van der Waals surface area (Å²) in [5.41, 5.74) is 2.81. The van der Waals surface area contributed by atoms with Gasteiger partial charge in [0.2, 0.25) is 5.91 Å². The topological polar surface area (TPSA) is 42.0 Å². The molecule has 0 aliphatic heterocycles. The average molecular weight is 264 g/mol. The Kier molecular flexibility index (Phi) is 4.84. The van der Waals surface area contributed by atoms with Gasteiger partial charge in [0, 0.05) is 18.8 Å². The Morgan fingerprint density at radius 3 is 2.45 bits per heavy atom. The van der Waals surface area contributed by atoms with E-state index in [9.17, 15) is 4.79 Å². The number of hydrogen-bond acceptors (Lipinski definition) is 2. The second kappa shape index (κ2) is 7.04. The Balaban J connectivity index is 1.94. The summed E-state index contributed by atoms with van der Waals surface area (Å²) in [6.45, 7) is 1.50. The van der Waals surface area contributed by atoms with Crippen molar-refractivity contribution >= 4 is 23.7 Å². The minimum Gasteiger partial charge on any atom is -0.326 e. The Hall–Kier alpha value is -2.68. The van der Waals surface area contributed by atoms with Gasteiger partial charge in [-0.05, 0) is 35.9 Å². The van der Waals surface area contributed by atoms with E-state index in [2.05, 4.69) is 10.3 Å². The molecule has 1 N–H and O–H groups in total. The predicted molar refractivity (Wildman–Crippen MR) is 83.1 cm³/mol. The van der Waals surface area contributed by atoms with Gasteiger partial charge in [-0.1, -0.05) is 36.4 Å². The summed E-state index contributed by atoms with van der Waals surface area (Å²) in [4.78, 5) is 15.1. The number of hydrogen-bond donors (Lipinski definition) is 1. The minimum atomic E-state index is -0.0633. The third-order valence-electron chi connectivity index (χ3n) is 2.59. The fourth-order valence-electron chi connectivity index (χ4n) is 1.68. The number of anilines is 1. The number of rotatable bonds is 4. The van der Waals surface area contributed by atoms with Gasteiger partial charge in [0.15, 0.2) is 0 Å². The summed E-state index contributed by atoms with van der Waals surface area (Å²) in [7, 11) is 0. The van der Waals surface area contributed by atoms with Crippen LogP contribution in [0.3, 0.4) is 0 Å². The number of amides is 1. The summed E-state index contributed by atoms with van der Waals surface area (Å²) in [6.07, 6.45) is 9.62. The van der Waals surface area contributed by atoms with Gasteiger partial charge in [0.25, 0.3) is 0 Å². The molecule has 0 radical (unpaired) electrons. The van der Waals surface area contributed by atoms with Crippen molar-refractivity contribution in [2.24, 2.45) is 0 Å². The first kappa shape index (κ1) is 13.7. The van der Waals surface area contributed by atoms with Crippen LogP contribution >= 0.6 is 0 Å². The van der Waals surface area contributed by atoms with Gasteiger partial charge in [0.1, 0.15) is 0 Å².